The Morgan fingerprint density at radius 2 is 1.31 bits per heavy atom. The van der Waals surface area contributed by atoms with Gasteiger partial charge >= 0.3 is 11.9 Å². The van der Waals surface area contributed by atoms with Crippen LogP contribution in [0.15, 0.2) is 226 Å². The molecule has 11 rings (SSSR count). The van der Waals surface area contributed by atoms with E-state index in [0.717, 1.165) is 59.2 Å². The van der Waals surface area contributed by atoms with E-state index in [-0.39, 0.29) is 115 Å². The molecule has 2 N–H and O–H groups in total. The van der Waals surface area contributed by atoms with E-state index >= 15 is 4.79 Å². The van der Waals surface area contributed by atoms with Gasteiger partial charge in [0.05, 0.1) is 76.7 Å². The lowest BCUT2D eigenvalue weighted by Crippen LogP contribution is -3.00. The zero-order valence-electron chi connectivity index (χ0n) is 56.2. The quantitative estimate of drug-likeness (QED) is 0.00573. The Hall–Kier alpha value is -7.92. The summed E-state index contributed by atoms with van der Waals surface area (Å²) in [7, 11) is 5.27. The van der Waals surface area contributed by atoms with Crippen molar-refractivity contribution < 1.29 is 95.1 Å². The van der Waals surface area contributed by atoms with Gasteiger partial charge in [0, 0.05) is 60.2 Å². The number of allylic oxidation sites excluding steroid dienone is 1. The number of carbonyl (C=O) groups excluding carboxylic acids is 4. The fourth-order valence-electron chi connectivity index (χ4n) is 12.1. The molecule has 101 heavy (non-hydrogen) atoms. The van der Waals surface area contributed by atoms with Crippen LogP contribution in [0.1, 0.15) is 70.4 Å². The summed E-state index contributed by atoms with van der Waals surface area (Å²) in [5, 5.41) is 7.52. The van der Waals surface area contributed by atoms with Crippen LogP contribution in [0.4, 0.5) is 0 Å². The Labute approximate surface area is 621 Å². The molecule has 2 amide bonds. The van der Waals surface area contributed by atoms with E-state index < -0.39 is 63.6 Å². The number of esters is 2. The summed E-state index contributed by atoms with van der Waals surface area (Å²) >= 11 is 16.1. The van der Waals surface area contributed by atoms with Crippen LogP contribution in [-0.2, 0) is 75.3 Å². The summed E-state index contributed by atoms with van der Waals surface area (Å²) in [6.45, 7) is 3.10. The van der Waals surface area contributed by atoms with E-state index in [1.54, 1.807) is 31.8 Å². The first kappa shape index (κ1) is 75.7. The number of methoxy groups -OCH3 is 3. The number of hydrogen-bond acceptors (Lipinski definition) is 17. The molecular weight excluding hydrogens is 1480 g/mol. The summed E-state index contributed by atoms with van der Waals surface area (Å²) in [4.78, 5) is 73.1. The lowest BCUT2D eigenvalue weighted by Gasteiger charge is -2.49. The van der Waals surface area contributed by atoms with Crippen LogP contribution >= 0.6 is 35.0 Å². The second-order valence-electron chi connectivity index (χ2n) is 24.0. The third-order valence-corrected chi connectivity index (χ3v) is 20.5. The molecule has 2 saturated heterocycles. The topological polar surface area (TPSA) is 213 Å². The van der Waals surface area contributed by atoms with Crippen molar-refractivity contribution in [1.29, 1.82) is 0 Å². The van der Waals surface area contributed by atoms with Crippen molar-refractivity contribution in [3.05, 3.63) is 266 Å². The zero-order chi connectivity index (χ0) is 69.9. The number of amides is 2. The summed E-state index contributed by atoms with van der Waals surface area (Å²) in [6, 6.07) is 55.3. The molecule has 4 aliphatic heterocycles. The average Bonchev–Trinajstić information content (AvgIpc) is 1.63. The number of benzene rings is 7. The standard InChI is InChI=1S/C76H78Cl2N6O14S2.HI/c1-84(38-20-21-39-84)40-22-27-55-48-99-72-65(71(86)83(72)66(55)73(87)94-47-52-34-36-60(91-4)37-35-52)80-63(85)45-59-49-100(75(79-59)81-76(56-28-14-7-15-29-56,57-30-16-8-17-31-57)58-32-18-9-19-33-58)82-98-68(74(88)97-67(53-23-10-5-11-24-53)54-25-12-6-13-26-54)61-46-62(77)69(95-50-92-43-41-89-2)70(64(61)78)96-51-93-44-42-90-3;/h5-19,22-37,46,49,65,67-68,72H,20-21,38-45,47-48,50-51H2,1-4H3,(H-,79,80,81,85);1H/t65-,68?,72?,100?;/m0./s1. The molecule has 7 aromatic rings. The molecule has 0 radical (unpaired) electrons. The Kier molecular flexibility index (Phi) is 27.6. The highest BCUT2D eigenvalue weighted by Gasteiger charge is 2.54. The predicted molar refractivity (Wildman–Crippen MR) is 384 cm³/mol. The third-order valence-electron chi connectivity index (χ3n) is 17.2. The molecule has 4 heterocycles. The molecule has 20 nitrogen and oxygen atoms in total. The van der Waals surface area contributed by atoms with E-state index in [1.165, 1.54) is 29.8 Å². The predicted octanol–water partition coefficient (Wildman–Crippen LogP) is 9.49. The van der Waals surface area contributed by atoms with E-state index in [0.29, 0.717) is 33.9 Å². The molecule has 0 aliphatic carbocycles. The van der Waals surface area contributed by atoms with Gasteiger partial charge in [0.15, 0.2) is 36.4 Å². The molecule has 25 heteroatoms. The van der Waals surface area contributed by atoms with E-state index in [1.807, 2.05) is 170 Å². The number of aliphatic imine (C=N–C) groups is 1. The summed E-state index contributed by atoms with van der Waals surface area (Å²) in [5.74, 6) is -1.69. The number of amidine groups is 1. The molecule has 0 spiro atoms. The average molecular weight is 1560 g/mol. The van der Waals surface area contributed by atoms with Gasteiger partial charge in [0.25, 0.3) is 5.91 Å². The molecule has 4 atom stereocenters. The van der Waals surface area contributed by atoms with Gasteiger partial charge in [-0.15, -0.1) is 11.8 Å². The minimum absolute atomic E-state index is 0. The van der Waals surface area contributed by atoms with Gasteiger partial charge in [0.2, 0.25) is 12.0 Å². The number of halogens is 3. The molecule has 4 aliphatic rings. The minimum atomic E-state index is -1.80. The van der Waals surface area contributed by atoms with E-state index in [2.05, 4.69) is 23.8 Å². The third kappa shape index (κ3) is 18.7. The minimum Gasteiger partial charge on any atom is -1.00 e. The smallest absolute Gasteiger partial charge is 0.355 e. The van der Waals surface area contributed by atoms with Crippen molar-refractivity contribution in [3.8, 4) is 17.2 Å². The van der Waals surface area contributed by atoms with E-state index in [9.17, 15) is 14.4 Å². The molecule has 0 bridgehead atoms. The Morgan fingerprint density at radius 3 is 1.86 bits per heavy atom. The summed E-state index contributed by atoms with van der Waals surface area (Å²) < 4.78 is 57.6. The number of likely N-dealkylation sites (N-methyl/N-ethyl adjacent to an activating group) is 1. The molecule has 0 aromatic heterocycles. The maximum Gasteiger partial charge on any atom is 0.355 e. The maximum atomic E-state index is 15.6. The van der Waals surface area contributed by atoms with Crippen LogP contribution in [0.25, 0.3) is 0 Å². The van der Waals surface area contributed by atoms with Crippen LogP contribution in [0, 0.1) is 0 Å². The highest BCUT2D eigenvalue weighted by atomic mass is 127. The van der Waals surface area contributed by atoms with Crippen molar-refractivity contribution in [2.24, 2.45) is 9.52 Å². The monoisotopic (exact) mass is 1560 g/mol. The van der Waals surface area contributed by atoms with Crippen LogP contribution in [0.3, 0.4) is 0 Å². The number of thioether (sulfide) groups is 1. The van der Waals surface area contributed by atoms with E-state index in [4.69, 9.17) is 80.2 Å². The van der Waals surface area contributed by atoms with Crippen LogP contribution < -0.4 is 48.8 Å². The Balaban J connectivity index is 0.0000110. The Morgan fingerprint density at radius 1 is 0.752 bits per heavy atom. The molecule has 530 valence electrons. The van der Waals surface area contributed by atoms with Crippen LogP contribution in [-0.4, -0.2) is 143 Å². The van der Waals surface area contributed by atoms with Gasteiger partial charge in [-0.05, 0) is 63.2 Å². The van der Waals surface area contributed by atoms with Crippen LogP contribution in [0.5, 0.6) is 17.2 Å². The van der Waals surface area contributed by atoms with Crippen molar-refractivity contribution in [3.63, 3.8) is 0 Å². The fraction of sp³-hybridized carbons (Fsp3) is 0.303. The molecule has 3 unspecified atom stereocenters. The molecule has 7 aromatic carbocycles. The van der Waals surface area contributed by atoms with Gasteiger partial charge < -0.3 is 81.7 Å². The summed E-state index contributed by atoms with van der Waals surface area (Å²) in [5.41, 5.74) is 4.22. The SMILES string of the molecule is COCCOCOc1c(Cl)cc(C(ON=S2C=C(CC(=O)N[C@H]3C(=O)N4C(C(=O)OCc5ccc(OC)cc5)=C(C=CC[N+]5(C)CCCC5)CSC34)NC2=NC(c2ccccc2)(c2ccccc2)c2ccccc2)C(=O)OC(c2ccccc2)c2ccccc2)c(Cl)c1OCOCCOC.[I-]. The van der Waals surface area contributed by atoms with Gasteiger partial charge in [-0.2, -0.15) is 0 Å². The highest BCUT2D eigenvalue weighted by molar-refractivity contribution is 8.05. The van der Waals surface area contributed by atoms with Crippen molar-refractivity contribution >= 4 is 74.6 Å². The largest absolute Gasteiger partial charge is 1.00 e. The molecule has 2 fully saturated rings. The van der Waals surface area contributed by atoms with Crippen molar-refractivity contribution in [1.82, 2.24) is 15.5 Å². The van der Waals surface area contributed by atoms with Crippen LogP contribution in [0.2, 0.25) is 10.0 Å². The second kappa shape index (κ2) is 36.8. The van der Waals surface area contributed by atoms with Gasteiger partial charge in [-0.1, -0.05) is 198 Å². The number of nitrogens with one attached hydrogen (secondary N) is 2. The normalized spacial score (nSPS) is 17.8. The number of rotatable bonds is 33. The maximum absolute atomic E-state index is 15.6. The number of β-lactam (4-membered cyclic amide) rings is 1. The number of nitrogens with zero attached hydrogens (tertiary/aromatic N) is 4. The van der Waals surface area contributed by atoms with Gasteiger partial charge in [0.1, 0.15) is 35.0 Å². The number of fused-ring (bicyclic) bond motifs is 1. The Bertz CT molecular complexity index is 3990. The fourth-order valence-corrected chi connectivity index (χ4v) is 15.2. The van der Waals surface area contributed by atoms with Crippen molar-refractivity contribution in [2.45, 2.75) is 55.0 Å². The second-order valence-corrected chi connectivity index (χ2v) is 27.3. The molecular formula is C76H79Cl2IN6O14S2. The first-order valence-electron chi connectivity index (χ1n) is 32.6. The van der Waals surface area contributed by atoms with Gasteiger partial charge in [-0.25, -0.2) is 19.4 Å². The number of hydrogen-bond donors (Lipinski definition) is 2. The number of carbonyl (C=O) groups is 4. The zero-order valence-corrected chi connectivity index (χ0v) is 61.5. The highest BCUT2D eigenvalue weighted by Crippen LogP contribution is 2.48. The summed E-state index contributed by atoms with van der Waals surface area (Å²) in [6.07, 6.45) is 3.23. The number of likely N-dealkylation sites (tertiary alicyclic amines) is 1. The number of quaternary nitrogens is 1. The van der Waals surface area contributed by atoms with Gasteiger partial charge in [-0.3, -0.25) is 14.5 Å². The first-order chi connectivity index (χ1) is 48.8. The molecule has 0 saturated carbocycles. The first-order valence-corrected chi connectivity index (χ1v) is 35.7. The van der Waals surface area contributed by atoms with Crippen molar-refractivity contribution in [2.75, 3.05) is 93.8 Å². The lowest BCUT2D eigenvalue weighted by molar-refractivity contribution is -0.891. The lowest BCUT2D eigenvalue weighted by atomic mass is 9.77. The number of ether oxygens (including phenoxy) is 9.